The molecule has 4 aromatic rings. The van der Waals surface area contributed by atoms with Crippen molar-refractivity contribution in [3.63, 3.8) is 0 Å². The predicted octanol–water partition coefficient (Wildman–Crippen LogP) is 4.06. The van der Waals surface area contributed by atoms with Crippen LogP contribution in [0, 0.1) is 12.8 Å². The molecule has 7 heteroatoms. The van der Waals surface area contributed by atoms with Gasteiger partial charge in [-0.2, -0.15) is 4.98 Å². The molecule has 6 nitrogen and oxygen atoms in total. The van der Waals surface area contributed by atoms with Crippen LogP contribution in [0.25, 0.3) is 16.6 Å². The van der Waals surface area contributed by atoms with Gasteiger partial charge in [-0.25, -0.2) is 0 Å². The molecule has 0 saturated heterocycles. The van der Waals surface area contributed by atoms with E-state index in [9.17, 15) is 0 Å². The molecular weight excluding hydrogens is 334 g/mol. The monoisotopic (exact) mass is 353 g/mol. The molecule has 0 saturated carbocycles. The Morgan fingerprint density at radius 3 is 2.88 bits per heavy atom. The molecule has 0 bridgehead atoms. The van der Waals surface area contributed by atoms with E-state index in [0.29, 0.717) is 17.6 Å². The summed E-state index contributed by atoms with van der Waals surface area (Å²) < 4.78 is 7.42. The molecule has 0 fully saturated rings. The minimum Gasteiger partial charge on any atom is -0.338 e. The van der Waals surface area contributed by atoms with Gasteiger partial charge < -0.3 is 4.52 Å². The van der Waals surface area contributed by atoms with Gasteiger partial charge in [0.25, 0.3) is 0 Å². The Morgan fingerprint density at radius 2 is 2.04 bits per heavy atom. The second kappa shape index (κ2) is 6.48. The summed E-state index contributed by atoms with van der Waals surface area (Å²) in [7, 11) is 0. The molecular formula is C18H19N5OS. The van der Waals surface area contributed by atoms with Crippen molar-refractivity contribution in [1.82, 2.24) is 24.7 Å². The Labute approximate surface area is 149 Å². The van der Waals surface area contributed by atoms with E-state index < -0.39 is 0 Å². The van der Waals surface area contributed by atoms with Crippen LogP contribution in [0.4, 0.5) is 0 Å². The fourth-order valence-corrected chi connectivity index (χ4v) is 3.68. The van der Waals surface area contributed by atoms with Crippen molar-refractivity contribution in [3.8, 4) is 0 Å². The van der Waals surface area contributed by atoms with Gasteiger partial charge in [-0.05, 0) is 30.5 Å². The average molecular weight is 353 g/mol. The molecule has 0 unspecified atom stereocenters. The van der Waals surface area contributed by atoms with Crippen LogP contribution >= 0.6 is 11.8 Å². The largest absolute Gasteiger partial charge is 0.338 e. The smallest absolute Gasteiger partial charge is 0.237 e. The van der Waals surface area contributed by atoms with Crippen LogP contribution < -0.4 is 0 Å². The maximum Gasteiger partial charge on any atom is 0.237 e. The van der Waals surface area contributed by atoms with E-state index in [2.05, 4.69) is 63.7 Å². The van der Waals surface area contributed by atoms with Crippen molar-refractivity contribution < 1.29 is 4.52 Å². The zero-order valence-electron chi connectivity index (χ0n) is 14.4. The summed E-state index contributed by atoms with van der Waals surface area (Å²) in [4.78, 5) is 4.45. The summed E-state index contributed by atoms with van der Waals surface area (Å²) in [5, 5.41) is 14.7. The molecule has 128 valence electrons. The first kappa shape index (κ1) is 16.1. The first-order valence-corrected chi connectivity index (χ1v) is 9.28. The number of fused-ring (bicyclic) bond motifs is 3. The molecule has 25 heavy (non-hydrogen) atoms. The van der Waals surface area contributed by atoms with Gasteiger partial charge in [0.2, 0.25) is 5.89 Å². The van der Waals surface area contributed by atoms with Crippen molar-refractivity contribution in [2.24, 2.45) is 5.92 Å². The Balaban J connectivity index is 1.64. The number of hydrogen-bond acceptors (Lipinski definition) is 6. The van der Waals surface area contributed by atoms with Gasteiger partial charge in [0.05, 0.1) is 11.3 Å². The lowest BCUT2D eigenvalue weighted by atomic mass is 10.1. The molecule has 0 aliphatic rings. The lowest BCUT2D eigenvalue weighted by molar-refractivity contribution is 0.382. The number of rotatable bonds is 5. The Kier molecular flexibility index (Phi) is 4.17. The zero-order chi connectivity index (χ0) is 17.4. The maximum absolute atomic E-state index is 5.34. The zero-order valence-corrected chi connectivity index (χ0v) is 15.2. The maximum atomic E-state index is 5.34. The Bertz CT molecular complexity index is 1040. The highest BCUT2D eigenvalue weighted by molar-refractivity contribution is 7.98. The normalized spacial score (nSPS) is 11.8. The summed E-state index contributed by atoms with van der Waals surface area (Å²) in [6.07, 6.45) is 0.825. The Hall–Kier alpha value is -2.41. The molecule has 0 aliphatic heterocycles. The number of aryl methyl sites for hydroxylation is 1. The molecule has 1 aromatic carbocycles. The van der Waals surface area contributed by atoms with Gasteiger partial charge in [-0.1, -0.05) is 49.0 Å². The number of benzene rings is 1. The predicted molar refractivity (Wildman–Crippen MR) is 97.6 cm³/mol. The highest BCUT2D eigenvalue weighted by atomic mass is 32.2. The van der Waals surface area contributed by atoms with Crippen molar-refractivity contribution >= 4 is 28.3 Å². The number of nitrogens with zero attached hydrogens (tertiary/aromatic N) is 5. The quantitative estimate of drug-likeness (QED) is 0.504. The molecule has 4 rings (SSSR count). The standard InChI is InChI=1S/C18H19N5OS/c1-11(2)8-15-19-17(24-22-15)10-25-18-21-20-16-9-12(3)13-6-4-5-7-14(13)23(16)18/h4-7,9,11H,8,10H2,1-3H3. The van der Waals surface area contributed by atoms with Crippen LogP contribution in [0.3, 0.4) is 0 Å². The molecule has 0 N–H and O–H groups in total. The van der Waals surface area contributed by atoms with E-state index >= 15 is 0 Å². The number of hydrogen-bond donors (Lipinski definition) is 0. The van der Waals surface area contributed by atoms with Gasteiger partial charge >= 0.3 is 0 Å². The lowest BCUT2D eigenvalue weighted by Gasteiger charge is -2.06. The summed E-state index contributed by atoms with van der Waals surface area (Å²) in [5.74, 6) is 2.47. The molecule has 3 aromatic heterocycles. The third kappa shape index (κ3) is 3.11. The highest BCUT2D eigenvalue weighted by Crippen LogP contribution is 2.27. The van der Waals surface area contributed by atoms with E-state index in [1.165, 1.54) is 10.9 Å². The number of pyridine rings is 1. The summed E-state index contributed by atoms with van der Waals surface area (Å²) >= 11 is 1.56. The van der Waals surface area contributed by atoms with Crippen molar-refractivity contribution in [1.29, 1.82) is 0 Å². The summed E-state index contributed by atoms with van der Waals surface area (Å²) in [6, 6.07) is 10.4. The summed E-state index contributed by atoms with van der Waals surface area (Å²) in [6.45, 7) is 6.37. The molecule has 0 amide bonds. The third-order valence-corrected chi connectivity index (χ3v) is 4.91. The van der Waals surface area contributed by atoms with Crippen molar-refractivity contribution in [2.45, 2.75) is 38.1 Å². The third-order valence-electron chi connectivity index (χ3n) is 4.00. The summed E-state index contributed by atoms with van der Waals surface area (Å²) in [5.41, 5.74) is 3.16. The van der Waals surface area contributed by atoms with Gasteiger partial charge in [-0.3, -0.25) is 4.40 Å². The minimum atomic E-state index is 0.508. The van der Waals surface area contributed by atoms with Crippen LogP contribution in [-0.2, 0) is 12.2 Å². The van der Waals surface area contributed by atoms with Crippen LogP contribution in [-0.4, -0.2) is 24.7 Å². The van der Waals surface area contributed by atoms with E-state index in [1.54, 1.807) is 11.8 Å². The molecule has 0 atom stereocenters. The molecule has 0 aliphatic carbocycles. The van der Waals surface area contributed by atoms with E-state index in [-0.39, 0.29) is 0 Å². The van der Waals surface area contributed by atoms with E-state index in [4.69, 9.17) is 4.52 Å². The fourth-order valence-electron chi connectivity index (χ4n) is 2.89. The second-order valence-electron chi connectivity index (χ2n) is 6.51. The van der Waals surface area contributed by atoms with Crippen molar-refractivity contribution in [3.05, 3.63) is 47.6 Å². The Morgan fingerprint density at radius 1 is 1.20 bits per heavy atom. The number of para-hydroxylation sites is 1. The topological polar surface area (TPSA) is 69.1 Å². The average Bonchev–Trinajstić information content (AvgIpc) is 3.19. The second-order valence-corrected chi connectivity index (χ2v) is 7.45. The molecule has 3 heterocycles. The molecule has 0 radical (unpaired) electrons. The SMILES string of the molecule is Cc1cc2nnc(SCc3nc(CC(C)C)no3)n2c2ccccc12. The van der Waals surface area contributed by atoms with Crippen molar-refractivity contribution in [2.75, 3.05) is 0 Å². The number of aromatic nitrogens is 5. The van der Waals surface area contributed by atoms with Crippen LogP contribution in [0.2, 0.25) is 0 Å². The van der Waals surface area contributed by atoms with Gasteiger partial charge in [0.15, 0.2) is 16.6 Å². The lowest BCUT2D eigenvalue weighted by Crippen LogP contribution is -1.96. The van der Waals surface area contributed by atoms with Gasteiger partial charge in [0, 0.05) is 11.8 Å². The van der Waals surface area contributed by atoms with Crippen LogP contribution in [0.5, 0.6) is 0 Å². The minimum absolute atomic E-state index is 0.508. The highest BCUT2D eigenvalue weighted by Gasteiger charge is 2.14. The van der Waals surface area contributed by atoms with Crippen LogP contribution in [0.15, 0.2) is 40.0 Å². The van der Waals surface area contributed by atoms with E-state index in [1.807, 2.05) is 12.1 Å². The van der Waals surface area contributed by atoms with Gasteiger partial charge in [-0.15, -0.1) is 10.2 Å². The molecule has 0 spiro atoms. The van der Waals surface area contributed by atoms with E-state index in [0.717, 1.165) is 28.6 Å². The first-order valence-electron chi connectivity index (χ1n) is 8.29. The first-order chi connectivity index (χ1) is 12.1. The van der Waals surface area contributed by atoms with Gasteiger partial charge in [0.1, 0.15) is 0 Å². The van der Waals surface area contributed by atoms with Crippen LogP contribution in [0.1, 0.15) is 31.1 Å². The fraction of sp³-hybridized carbons (Fsp3) is 0.333. The number of thioether (sulfide) groups is 1.